The Hall–Kier alpha value is -2.79. The van der Waals surface area contributed by atoms with E-state index < -0.39 is 76.3 Å². The SMILES string of the molecule is C[C@H]1c2cccc(O)c2C(=O)[C@H]2[C@H]1[C@H](O)[C@@H]1[C@H](N(C)C)C(=O)C(C(N)=O)=C(O)[C@@]1(O)[C@@H]2O. The summed E-state index contributed by atoms with van der Waals surface area (Å²) in [5.74, 6) is -8.75. The molecule has 1 amide bonds. The summed E-state index contributed by atoms with van der Waals surface area (Å²) in [6.07, 6.45) is -3.52. The van der Waals surface area contributed by atoms with Crippen molar-refractivity contribution in [2.75, 3.05) is 14.1 Å². The van der Waals surface area contributed by atoms with Gasteiger partial charge in [-0.05, 0) is 31.6 Å². The van der Waals surface area contributed by atoms with Crippen LogP contribution in [-0.2, 0) is 9.59 Å². The standard InChI is InChI=1S/C22H26N2O8/c1-7-8-5-4-6-9(25)11(8)16(26)12-10(7)17(27)14-15(24(2)3)18(28)13(21(23)31)20(30)22(14,32)19(12)29/h4-7,10,12,14-15,17,19,25,27,29-30,32H,1-3H3,(H2,23,31)/t7-,10-,12+,14-,15-,17-,19+,22-/m0/s1. The first-order valence-electron chi connectivity index (χ1n) is 10.3. The second kappa shape index (κ2) is 7.11. The molecule has 3 aliphatic carbocycles. The number of aromatic hydroxyl groups is 1. The van der Waals surface area contributed by atoms with Gasteiger partial charge in [0.1, 0.15) is 23.2 Å². The highest BCUT2D eigenvalue weighted by molar-refractivity contribution is 6.22. The largest absolute Gasteiger partial charge is 0.508 e. The number of amides is 1. The van der Waals surface area contributed by atoms with Crippen LogP contribution in [0.3, 0.4) is 0 Å². The topological polar surface area (TPSA) is 182 Å². The first-order valence-corrected chi connectivity index (χ1v) is 10.3. The van der Waals surface area contributed by atoms with Gasteiger partial charge < -0.3 is 31.3 Å². The number of fused-ring (bicyclic) bond motifs is 3. The Morgan fingerprint density at radius 3 is 2.31 bits per heavy atom. The van der Waals surface area contributed by atoms with Crippen molar-refractivity contribution in [3.8, 4) is 5.75 Å². The summed E-state index contributed by atoms with van der Waals surface area (Å²) >= 11 is 0. The monoisotopic (exact) mass is 446 g/mol. The van der Waals surface area contributed by atoms with Crippen LogP contribution >= 0.6 is 0 Å². The van der Waals surface area contributed by atoms with Crippen molar-refractivity contribution in [1.82, 2.24) is 4.90 Å². The molecule has 4 rings (SSSR count). The lowest BCUT2D eigenvalue weighted by Gasteiger charge is -2.58. The Kier molecular flexibility index (Phi) is 4.98. The Morgan fingerprint density at radius 2 is 1.75 bits per heavy atom. The quantitative estimate of drug-likeness (QED) is 0.305. The minimum absolute atomic E-state index is 0.0378. The normalized spacial score (nSPS) is 38.9. The van der Waals surface area contributed by atoms with E-state index in [0.29, 0.717) is 5.56 Å². The van der Waals surface area contributed by atoms with Crippen LogP contribution in [0.25, 0.3) is 0 Å². The molecule has 0 saturated heterocycles. The Morgan fingerprint density at radius 1 is 1.12 bits per heavy atom. The molecule has 0 heterocycles. The number of rotatable bonds is 2. The van der Waals surface area contributed by atoms with Gasteiger partial charge in [-0.25, -0.2) is 0 Å². The van der Waals surface area contributed by atoms with E-state index in [1.54, 1.807) is 19.1 Å². The van der Waals surface area contributed by atoms with E-state index in [0.717, 1.165) is 0 Å². The summed E-state index contributed by atoms with van der Waals surface area (Å²) in [6.45, 7) is 1.71. The summed E-state index contributed by atoms with van der Waals surface area (Å²) in [5.41, 5.74) is 2.13. The van der Waals surface area contributed by atoms with Crippen LogP contribution in [0.2, 0.25) is 0 Å². The van der Waals surface area contributed by atoms with Crippen LogP contribution < -0.4 is 5.73 Å². The molecule has 0 radical (unpaired) electrons. The number of benzene rings is 1. The molecule has 1 aromatic rings. The second-order valence-electron chi connectivity index (χ2n) is 9.14. The smallest absolute Gasteiger partial charge is 0.255 e. The molecule has 10 nitrogen and oxygen atoms in total. The number of hydrogen-bond acceptors (Lipinski definition) is 9. The summed E-state index contributed by atoms with van der Waals surface area (Å²) in [4.78, 5) is 39.8. The van der Waals surface area contributed by atoms with Crippen molar-refractivity contribution in [2.24, 2.45) is 23.5 Å². The van der Waals surface area contributed by atoms with Crippen molar-refractivity contribution in [1.29, 1.82) is 0 Å². The third-order valence-corrected chi connectivity index (χ3v) is 7.44. The number of carbonyl (C=O) groups is 3. The van der Waals surface area contributed by atoms with Crippen molar-refractivity contribution < 1.29 is 39.9 Å². The van der Waals surface area contributed by atoms with Crippen molar-refractivity contribution in [3.63, 3.8) is 0 Å². The maximum absolute atomic E-state index is 13.4. The number of hydrogen-bond donors (Lipinski definition) is 6. The van der Waals surface area contributed by atoms with Crippen LogP contribution in [0.15, 0.2) is 29.5 Å². The molecule has 0 spiro atoms. The van der Waals surface area contributed by atoms with Crippen molar-refractivity contribution >= 4 is 17.5 Å². The zero-order chi connectivity index (χ0) is 23.9. The van der Waals surface area contributed by atoms with Gasteiger partial charge in [-0.1, -0.05) is 19.1 Å². The molecule has 8 atom stereocenters. The number of nitrogens with zero attached hydrogens (tertiary/aromatic N) is 1. The van der Waals surface area contributed by atoms with Crippen LogP contribution in [-0.4, -0.2) is 85.9 Å². The fraction of sp³-hybridized carbons (Fsp3) is 0.500. The van der Waals surface area contributed by atoms with E-state index in [-0.39, 0.29) is 11.3 Å². The lowest BCUT2D eigenvalue weighted by molar-refractivity contribution is -0.221. The maximum Gasteiger partial charge on any atom is 0.255 e. The number of carbonyl (C=O) groups excluding carboxylic acids is 3. The van der Waals surface area contributed by atoms with Crippen LogP contribution in [0.5, 0.6) is 5.75 Å². The molecule has 7 N–H and O–H groups in total. The minimum Gasteiger partial charge on any atom is -0.508 e. The van der Waals surface area contributed by atoms with E-state index in [9.17, 15) is 39.9 Å². The Bertz CT molecular complexity index is 1070. The molecule has 0 bridgehead atoms. The third-order valence-electron chi connectivity index (χ3n) is 7.44. The Balaban J connectivity index is 1.99. The molecule has 1 saturated carbocycles. The van der Waals surface area contributed by atoms with E-state index >= 15 is 0 Å². The van der Waals surface area contributed by atoms with Gasteiger partial charge in [-0.3, -0.25) is 19.3 Å². The van der Waals surface area contributed by atoms with Crippen molar-refractivity contribution in [2.45, 2.75) is 36.7 Å². The molecule has 10 heteroatoms. The summed E-state index contributed by atoms with van der Waals surface area (Å²) < 4.78 is 0. The molecule has 172 valence electrons. The number of likely N-dealkylation sites (N-methyl/N-ethyl adjacent to an activating group) is 1. The highest BCUT2D eigenvalue weighted by Gasteiger charge is 2.70. The van der Waals surface area contributed by atoms with Crippen LogP contribution in [0.1, 0.15) is 28.8 Å². The number of phenolic OH excluding ortho intramolecular Hbond substituents is 1. The van der Waals surface area contributed by atoms with Gasteiger partial charge in [0.2, 0.25) is 0 Å². The summed E-state index contributed by atoms with van der Waals surface area (Å²) in [5, 5.41) is 55.4. The van der Waals surface area contributed by atoms with Crippen molar-refractivity contribution in [3.05, 3.63) is 40.7 Å². The van der Waals surface area contributed by atoms with Gasteiger partial charge in [-0.2, -0.15) is 0 Å². The zero-order valence-corrected chi connectivity index (χ0v) is 17.8. The first-order chi connectivity index (χ1) is 14.9. The number of phenols is 1. The van der Waals surface area contributed by atoms with Gasteiger partial charge in [0.05, 0.1) is 23.6 Å². The number of ketones is 2. The maximum atomic E-state index is 13.4. The number of nitrogens with two attached hydrogens (primary N) is 1. The number of primary amides is 1. The number of aliphatic hydroxyl groups is 4. The van der Waals surface area contributed by atoms with Gasteiger partial charge >= 0.3 is 0 Å². The molecular formula is C22H26N2O8. The Labute approximate surface area is 183 Å². The second-order valence-corrected chi connectivity index (χ2v) is 9.14. The average Bonchev–Trinajstić information content (AvgIpc) is 2.70. The molecule has 1 aromatic carbocycles. The lowest BCUT2D eigenvalue weighted by Crippen LogP contribution is -2.74. The van der Waals surface area contributed by atoms with E-state index in [2.05, 4.69) is 0 Å². The number of aliphatic hydroxyl groups excluding tert-OH is 3. The van der Waals surface area contributed by atoms with E-state index in [1.165, 1.54) is 25.1 Å². The first kappa shape index (κ1) is 22.4. The molecular weight excluding hydrogens is 420 g/mol. The zero-order valence-electron chi connectivity index (χ0n) is 17.8. The lowest BCUT2D eigenvalue weighted by atomic mass is 9.50. The van der Waals surface area contributed by atoms with Gasteiger partial charge in [0.25, 0.3) is 5.91 Å². The van der Waals surface area contributed by atoms with Crippen LogP contribution in [0.4, 0.5) is 0 Å². The van der Waals surface area contributed by atoms with Gasteiger partial charge in [0, 0.05) is 11.8 Å². The minimum atomic E-state index is -2.70. The fourth-order valence-electron chi connectivity index (χ4n) is 6.05. The highest BCUT2D eigenvalue weighted by Crippen LogP contribution is 2.56. The fourth-order valence-corrected chi connectivity index (χ4v) is 6.05. The molecule has 32 heavy (non-hydrogen) atoms. The molecule has 3 aliphatic rings. The molecule has 1 fully saturated rings. The van der Waals surface area contributed by atoms with E-state index in [4.69, 9.17) is 5.73 Å². The number of Topliss-reactive ketones (excluding diaryl/α,β-unsaturated/α-hetero) is 2. The predicted molar refractivity (Wildman–Crippen MR) is 110 cm³/mol. The molecule has 0 aliphatic heterocycles. The van der Waals surface area contributed by atoms with Gasteiger partial charge in [-0.15, -0.1) is 0 Å². The highest BCUT2D eigenvalue weighted by atomic mass is 16.4. The third kappa shape index (κ3) is 2.57. The van der Waals surface area contributed by atoms with Crippen LogP contribution in [0, 0.1) is 17.8 Å². The van der Waals surface area contributed by atoms with Gasteiger partial charge in [0.15, 0.2) is 17.2 Å². The molecule has 0 unspecified atom stereocenters. The summed E-state index contributed by atoms with van der Waals surface area (Å²) in [7, 11) is 2.97. The predicted octanol–water partition coefficient (Wildman–Crippen LogP) is -1.18. The summed E-state index contributed by atoms with van der Waals surface area (Å²) in [6, 6.07) is 3.19. The van der Waals surface area contributed by atoms with E-state index in [1.807, 2.05) is 0 Å². The average molecular weight is 446 g/mol. The molecule has 0 aromatic heterocycles.